The fourth-order valence-corrected chi connectivity index (χ4v) is 4.39. The number of thiocarbonyl (C=S) groups is 1. The molecule has 0 spiro atoms. The normalized spacial score (nSPS) is 15.0. The Bertz CT molecular complexity index is 1090. The number of halogens is 1. The topological polar surface area (TPSA) is 107 Å². The van der Waals surface area contributed by atoms with Gasteiger partial charge in [0.15, 0.2) is 0 Å². The molecule has 2 aromatic carbocycles. The van der Waals surface area contributed by atoms with Crippen LogP contribution >= 0.6 is 39.9 Å². The zero-order valence-electron chi connectivity index (χ0n) is 15.3. The van der Waals surface area contributed by atoms with Crippen LogP contribution in [-0.4, -0.2) is 43.8 Å². The number of phenols is 1. The zero-order chi connectivity index (χ0) is 21.8. The Hall–Kier alpha value is -2.69. The molecule has 2 amide bonds. The molecule has 1 aliphatic rings. The lowest BCUT2D eigenvalue weighted by atomic mass is 10.2. The first-order valence-corrected chi connectivity index (χ1v) is 10.6. The van der Waals surface area contributed by atoms with E-state index in [4.69, 9.17) is 17.3 Å². The molecule has 2 aromatic rings. The summed E-state index contributed by atoms with van der Waals surface area (Å²) in [5.74, 6) is -2.38. The predicted octanol–water partition coefficient (Wildman–Crippen LogP) is 4.08. The summed E-state index contributed by atoms with van der Waals surface area (Å²) < 4.78 is 1.27. The van der Waals surface area contributed by atoms with Gasteiger partial charge < -0.3 is 15.5 Å². The van der Waals surface area contributed by atoms with Gasteiger partial charge in [-0.05, 0) is 35.9 Å². The minimum Gasteiger partial charge on any atom is -0.507 e. The van der Waals surface area contributed by atoms with Crippen LogP contribution in [-0.2, 0) is 9.59 Å². The van der Waals surface area contributed by atoms with Gasteiger partial charge in [0.2, 0.25) is 5.91 Å². The van der Waals surface area contributed by atoms with Gasteiger partial charge in [-0.2, -0.15) is 0 Å². The van der Waals surface area contributed by atoms with E-state index in [0.717, 1.165) is 16.1 Å². The molecule has 1 fully saturated rings. The molecular formula is C20H15BrN2O5S2. The molecule has 0 unspecified atom stereocenters. The predicted molar refractivity (Wildman–Crippen MR) is 122 cm³/mol. The second kappa shape index (κ2) is 9.41. The lowest BCUT2D eigenvalue weighted by Gasteiger charge is -2.14. The Kier molecular flexibility index (Phi) is 6.91. The van der Waals surface area contributed by atoms with E-state index >= 15 is 0 Å². The highest BCUT2D eigenvalue weighted by Crippen LogP contribution is 2.33. The monoisotopic (exact) mass is 506 g/mol. The van der Waals surface area contributed by atoms with Crippen molar-refractivity contribution in [3.05, 3.63) is 63.0 Å². The summed E-state index contributed by atoms with van der Waals surface area (Å²) in [6.07, 6.45) is 1.73. The van der Waals surface area contributed by atoms with Gasteiger partial charge in [0, 0.05) is 29.2 Å². The number of aromatic carboxylic acids is 1. The van der Waals surface area contributed by atoms with Gasteiger partial charge in [0.05, 0.1) is 4.91 Å². The number of nitrogens with zero attached hydrogens (tertiary/aromatic N) is 1. The molecule has 3 rings (SSSR count). The summed E-state index contributed by atoms with van der Waals surface area (Å²) in [7, 11) is 0. The van der Waals surface area contributed by atoms with Crippen LogP contribution in [0.3, 0.4) is 0 Å². The SMILES string of the molecule is O=C(CCN1C(=O)/C(=C/c2cccc(Br)c2)SC1=S)Nc1ccc(C(=O)O)c(O)c1. The van der Waals surface area contributed by atoms with Crippen LogP contribution in [0.5, 0.6) is 5.75 Å². The van der Waals surface area contributed by atoms with Crippen LogP contribution in [0.1, 0.15) is 22.3 Å². The first-order chi connectivity index (χ1) is 14.2. The van der Waals surface area contributed by atoms with Crippen molar-refractivity contribution in [1.82, 2.24) is 4.90 Å². The number of thioether (sulfide) groups is 1. The molecule has 3 N–H and O–H groups in total. The maximum absolute atomic E-state index is 12.6. The number of carbonyl (C=O) groups is 3. The largest absolute Gasteiger partial charge is 0.507 e. The molecule has 30 heavy (non-hydrogen) atoms. The number of hydrogen-bond donors (Lipinski definition) is 3. The molecule has 0 aliphatic carbocycles. The Labute approximate surface area is 189 Å². The maximum Gasteiger partial charge on any atom is 0.339 e. The average Bonchev–Trinajstić information content (AvgIpc) is 2.93. The van der Waals surface area contributed by atoms with Crippen molar-refractivity contribution in [3.63, 3.8) is 0 Å². The van der Waals surface area contributed by atoms with Crippen LogP contribution in [0.4, 0.5) is 5.69 Å². The maximum atomic E-state index is 12.6. The van der Waals surface area contributed by atoms with Crippen molar-refractivity contribution in [2.45, 2.75) is 6.42 Å². The van der Waals surface area contributed by atoms with Gasteiger partial charge in [0.1, 0.15) is 15.6 Å². The molecule has 1 heterocycles. The van der Waals surface area contributed by atoms with E-state index in [9.17, 15) is 19.5 Å². The van der Waals surface area contributed by atoms with Crippen molar-refractivity contribution in [1.29, 1.82) is 0 Å². The molecule has 0 saturated carbocycles. The number of carboxylic acid groups (broad SMARTS) is 1. The van der Waals surface area contributed by atoms with Crippen LogP contribution in [0.2, 0.25) is 0 Å². The zero-order valence-corrected chi connectivity index (χ0v) is 18.5. The molecular weight excluding hydrogens is 492 g/mol. The molecule has 1 saturated heterocycles. The van der Waals surface area contributed by atoms with E-state index in [1.807, 2.05) is 24.3 Å². The van der Waals surface area contributed by atoms with Gasteiger partial charge in [-0.25, -0.2) is 4.79 Å². The summed E-state index contributed by atoms with van der Waals surface area (Å²) >= 11 is 9.84. The summed E-state index contributed by atoms with van der Waals surface area (Å²) in [6.45, 7) is 0.103. The Morgan fingerprint density at radius 2 is 2.00 bits per heavy atom. The van der Waals surface area contributed by atoms with Gasteiger partial charge >= 0.3 is 5.97 Å². The van der Waals surface area contributed by atoms with Crippen LogP contribution in [0.15, 0.2) is 51.8 Å². The fraction of sp³-hybridized carbons (Fsp3) is 0.100. The lowest BCUT2D eigenvalue weighted by molar-refractivity contribution is -0.122. The molecule has 0 atom stereocenters. The number of amides is 2. The minimum absolute atomic E-state index is 0.0158. The van der Waals surface area contributed by atoms with Crippen molar-refractivity contribution < 1.29 is 24.6 Å². The third kappa shape index (κ3) is 5.26. The van der Waals surface area contributed by atoms with Crippen molar-refractivity contribution in [3.8, 4) is 5.75 Å². The third-order valence-electron chi connectivity index (χ3n) is 4.09. The highest BCUT2D eigenvalue weighted by Gasteiger charge is 2.32. The van der Waals surface area contributed by atoms with Gasteiger partial charge in [-0.15, -0.1) is 0 Å². The summed E-state index contributed by atoms with van der Waals surface area (Å²) in [6, 6.07) is 11.2. The first kappa shape index (κ1) is 22.0. The van der Waals surface area contributed by atoms with E-state index < -0.39 is 17.6 Å². The molecule has 0 radical (unpaired) electrons. The standard InChI is InChI=1S/C20H15BrN2O5S2/c21-12-3-1-2-11(8-12)9-16-18(26)23(20(29)30-16)7-6-17(25)22-13-4-5-14(19(27)28)15(24)10-13/h1-5,8-10,24H,6-7H2,(H,22,25)(H,27,28)/b16-9-. The molecule has 154 valence electrons. The number of nitrogens with one attached hydrogen (secondary N) is 1. The van der Waals surface area contributed by atoms with Gasteiger partial charge in [0.25, 0.3) is 5.91 Å². The third-order valence-corrected chi connectivity index (χ3v) is 5.97. The number of carbonyl (C=O) groups excluding carboxylic acids is 2. The average molecular weight is 507 g/mol. The quantitative estimate of drug-likeness (QED) is 0.400. The summed E-state index contributed by atoms with van der Waals surface area (Å²) in [5, 5.41) is 21.2. The highest BCUT2D eigenvalue weighted by atomic mass is 79.9. The van der Waals surface area contributed by atoms with E-state index in [1.54, 1.807) is 6.08 Å². The molecule has 0 aromatic heterocycles. The number of carboxylic acids is 1. The first-order valence-electron chi connectivity index (χ1n) is 8.61. The second-order valence-corrected chi connectivity index (χ2v) is 8.82. The van der Waals surface area contributed by atoms with Crippen LogP contribution in [0, 0.1) is 0 Å². The lowest BCUT2D eigenvalue weighted by Crippen LogP contribution is -2.31. The van der Waals surface area contributed by atoms with Crippen LogP contribution < -0.4 is 5.32 Å². The van der Waals surface area contributed by atoms with E-state index in [2.05, 4.69) is 21.2 Å². The van der Waals surface area contributed by atoms with Gasteiger partial charge in [-0.1, -0.05) is 52.0 Å². The second-order valence-electron chi connectivity index (χ2n) is 6.22. The molecule has 1 aliphatic heterocycles. The van der Waals surface area contributed by atoms with E-state index in [0.29, 0.717) is 9.23 Å². The number of anilines is 1. The number of hydrogen-bond acceptors (Lipinski definition) is 6. The molecule has 7 nitrogen and oxygen atoms in total. The highest BCUT2D eigenvalue weighted by molar-refractivity contribution is 9.10. The number of rotatable bonds is 6. The number of benzene rings is 2. The van der Waals surface area contributed by atoms with Gasteiger partial charge in [-0.3, -0.25) is 14.5 Å². The van der Waals surface area contributed by atoms with Crippen molar-refractivity contribution >= 4 is 73.8 Å². The Morgan fingerprint density at radius 3 is 2.67 bits per heavy atom. The molecule has 0 bridgehead atoms. The number of aromatic hydroxyl groups is 1. The minimum atomic E-state index is -1.27. The van der Waals surface area contributed by atoms with E-state index in [-0.39, 0.29) is 30.1 Å². The van der Waals surface area contributed by atoms with E-state index in [1.165, 1.54) is 28.8 Å². The van der Waals surface area contributed by atoms with Crippen LogP contribution in [0.25, 0.3) is 6.08 Å². The molecule has 10 heteroatoms. The van der Waals surface area contributed by atoms with Crippen molar-refractivity contribution in [2.24, 2.45) is 0 Å². The Morgan fingerprint density at radius 1 is 1.23 bits per heavy atom. The smallest absolute Gasteiger partial charge is 0.339 e. The summed E-state index contributed by atoms with van der Waals surface area (Å²) in [4.78, 5) is 37.6. The fourth-order valence-electron chi connectivity index (χ4n) is 2.67. The van der Waals surface area contributed by atoms with Crippen molar-refractivity contribution in [2.75, 3.05) is 11.9 Å². The summed E-state index contributed by atoms with van der Waals surface area (Å²) in [5.41, 5.74) is 0.845. The Balaban J connectivity index is 1.61.